The lowest BCUT2D eigenvalue weighted by molar-refractivity contribution is -0.116. The molecule has 2 aromatic heterocycles. The number of nitrogens with zero attached hydrogens (tertiary/aromatic N) is 3. The molecule has 7 nitrogen and oxygen atoms in total. The van der Waals surface area contributed by atoms with Gasteiger partial charge in [-0.3, -0.25) is 14.5 Å². The van der Waals surface area contributed by atoms with Crippen LogP contribution in [-0.4, -0.2) is 28.9 Å². The molecule has 0 saturated heterocycles. The minimum absolute atomic E-state index is 0.120. The Bertz CT molecular complexity index is 1050. The third-order valence-electron chi connectivity index (χ3n) is 3.73. The maximum absolute atomic E-state index is 14.1. The van der Waals surface area contributed by atoms with E-state index in [0.29, 0.717) is 22.4 Å². The summed E-state index contributed by atoms with van der Waals surface area (Å²) in [4.78, 5) is 33.6. The highest BCUT2D eigenvalue weighted by molar-refractivity contribution is 7.14. The lowest BCUT2D eigenvalue weighted by Gasteiger charge is -2.18. The van der Waals surface area contributed by atoms with E-state index in [2.05, 4.69) is 15.3 Å². The highest BCUT2D eigenvalue weighted by atomic mass is 32.1. The van der Waals surface area contributed by atoms with Crippen LogP contribution in [0.25, 0.3) is 6.08 Å². The first-order valence-corrected chi connectivity index (χ1v) is 9.35. The molecule has 148 valence electrons. The molecule has 0 radical (unpaired) electrons. The Morgan fingerprint density at radius 3 is 2.69 bits per heavy atom. The molecule has 2 heterocycles. The number of thiazole rings is 1. The van der Waals surface area contributed by atoms with Gasteiger partial charge in [0, 0.05) is 24.4 Å². The molecule has 0 unspecified atom stereocenters. The molecular weight excluding hydrogens is 395 g/mol. The van der Waals surface area contributed by atoms with Gasteiger partial charge in [-0.1, -0.05) is 12.1 Å². The predicted octanol–water partition coefficient (Wildman–Crippen LogP) is 4.02. The zero-order valence-corrected chi connectivity index (χ0v) is 16.4. The number of anilines is 3. The highest BCUT2D eigenvalue weighted by Gasteiger charge is 2.20. The summed E-state index contributed by atoms with van der Waals surface area (Å²) in [6.45, 7) is 1.33. The number of nitrogens with one attached hydrogen (secondary N) is 1. The number of ether oxygens (including phenoxy) is 1. The van der Waals surface area contributed by atoms with Gasteiger partial charge in [-0.15, -0.1) is 11.3 Å². The average molecular weight is 412 g/mol. The Balaban J connectivity index is 1.72. The average Bonchev–Trinajstić information content (AvgIpc) is 3.17. The van der Waals surface area contributed by atoms with Gasteiger partial charge in [0.15, 0.2) is 5.13 Å². The van der Waals surface area contributed by atoms with E-state index in [-0.39, 0.29) is 17.5 Å². The van der Waals surface area contributed by atoms with Crippen molar-refractivity contribution in [2.75, 3.05) is 17.3 Å². The Hall–Kier alpha value is -3.59. The summed E-state index contributed by atoms with van der Waals surface area (Å²) >= 11 is 1.17. The summed E-state index contributed by atoms with van der Waals surface area (Å²) < 4.78 is 19.1. The molecule has 0 spiro atoms. The maximum atomic E-state index is 14.1. The minimum Gasteiger partial charge on any atom is -0.481 e. The molecule has 0 aliphatic carbocycles. The van der Waals surface area contributed by atoms with Gasteiger partial charge < -0.3 is 10.1 Å². The van der Waals surface area contributed by atoms with E-state index in [1.165, 1.54) is 60.8 Å². The first-order chi connectivity index (χ1) is 14.0. The van der Waals surface area contributed by atoms with Gasteiger partial charge in [0.1, 0.15) is 5.82 Å². The van der Waals surface area contributed by atoms with Crippen LogP contribution in [0.15, 0.2) is 54.1 Å². The van der Waals surface area contributed by atoms with Gasteiger partial charge in [-0.05, 0) is 24.3 Å². The van der Waals surface area contributed by atoms with Gasteiger partial charge in [0.05, 0.1) is 30.4 Å². The van der Waals surface area contributed by atoms with Gasteiger partial charge >= 0.3 is 0 Å². The number of aromatic nitrogens is 2. The molecule has 0 aliphatic rings. The van der Waals surface area contributed by atoms with Gasteiger partial charge in [0.25, 0.3) is 0 Å². The molecule has 0 fully saturated rings. The number of carbonyl (C=O) groups is 2. The molecule has 1 aromatic carbocycles. The van der Waals surface area contributed by atoms with Crippen molar-refractivity contribution < 1.29 is 18.7 Å². The monoisotopic (exact) mass is 412 g/mol. The van der Waals surface area contributed by atoms with E-state index < -0.39 is 5.82 Å². The minimum atomic E-state index is -0.525. The van der Waals surface area contributed by atoms with Crippen LogP contribution in [0, 0.1) is 5.82 Å². The fourth-order valence-corrected chi connectivity index (χ4v) is 3.26. The Kier molecular flexibility index (Phi) is 6.30. The third-order valence-corrected chi connectivity index (χ3v) is 4.57. The zero-order chi connectivity index (χ0) is 20.8. The van der Waals surface area contributed by atoms with Crippen molar-refractivity contribution in [1.29, 1.82) is 0 Å². The Morgan fingerprint density at radius 2 is 2.03 bits per heavy atom. The second kappa shape index (κ2) is 9.07. The van der Waals surface area contributed by atoms with Crippen molar-refractivity contribution in [3.63, 3.8) is 0 Å². The Morgan fingerprint density at radius 1 is 1.24 bits per heavy atom. The van der Waals surface area contributed by atoms with Gasteiger partial charge in [0.2, 0.25) is 17.7 Å². The SMILES string of the molecule is COc1ccc(NC(=O)C=Cc2csc(N(C(C)=O)c3ccccc3F)n2)cn1. The number of rotatable bonds is 6. The van der Waals surface area contributed by atoms with Crippen LogP contribution >= 0.6 is 11.3 Å². The number of carbonyl (C=O) groups excluding carboxylic acids is 2. The molecule has 0 saturated carbocycles. The summed E-state index contributed by atoms with van der Waals surface area (Å²) in [6, 6.07) is 9.26. The summed E-state index contributed by atoms with van der Waals surface area (Å²) in [5.74, 6) is -0.824. The number of pyridine rings is 1. The lowest BCUT2D eigenvalue weighted by Crippen LogP contribution is -2.23. The van der Waals surface area contributed by atoms with Crippen LogP contribution < -0.4 is 15.0 Å². The standard InChI is InChI=1S/C20H17FN4O3S/c1-13(26)25(17-6-4-3-5-16(17)21)20-24-15(12-29-20)7-9-18(27)23-14-8-10-19(28-2)22-11-14/h3-12H,1-2H3,(H,23,27). The van der Waals surface area contributed by atoms with Crippen molar-refractivity contribution in [2.45, 2.75) is 6.92 Å². The quantitative estimate of drug-likeness (QED) is 0.618. The first kappa shape index (κ1) is 20.2. The predicted molar refractivity (Wildman–Crippen MR) is 110 cm³/mol. The fourth-order valence-electron chi connectivity index (χ4n) is 2.42. The van der Waals surface area contributed by atoms with E-state index in [4.69, 9.17) is 4.74 Å². The van der Waals surface area contributed by atoms with Crippen molar-refractivity contribution >= 4 is 45.7 Å². The van der Waals surface area contributed by atoms with Crippen LogP contribution in [0.5, 0.6) is 5.88 Å². The smallest absolute Gasteiger partial charge is 0.248 e. The topological polar surface area (TPSA) is 84.4 Å². The number of hydrogen-bond donors (Lipinski definition) is 1. The number of para-hydroxylation sites is 1. The molecule has 0 aliphatic heterocycles. The molecule has 1 N–H and O–H groups in total. The normalized spacial score (nSPS) is 10.7. The molecule has 29 heavy (non-hydrogen) atoms. The molecule has 2 amide bonds. The van der Waals surface area contributed by atoms with E-state index in [1.807, 2.05) is 0 Å². The van der Waals surface area contributed by atoms with E-state index in [9.17, 15) is 14.0 Å². The molecule has 0 bridgehead atoms. The number of amides is 2. The van der Waals surface area contributed by atoms with Crippen LogP contribution in [0.1, 0.15) is 12.6 Å². The van der Waals surface area contributed by atoms with Crippen molar-refractivity contribution in [2.24, 2.45) is 0 Å². The van der Waals surface area contributed by atoms with E-state index in [0.717, 1.165) is 0 Å². The van der Waals surface area contributed by atoms with E-state index in [1.54, 1.807) is 29.6 Å². The van der Waals surface area contributed by atoms with Crippen molar-refractivity contribution in [3.8, 4) is 5.88 Å². The number of methoxy groups -OCH3 is 1. The maximum Gasteiger partial charge on any atom is 0.248 e. The number of halogens is 1. The Labute approximate surface area is 170 Å². The van der Waals surface area contributed by atoms with Crippen LogP contribution in [-0.2, 0) is 9.59 Å². The van der Waals surface area contributed by atoms with Crippen LogP contribution in [0.3, 0.4) is 0 Å². The molecule has 0 atom stereocenters. The van der Waals surface area contributed by atoms with Gasteiger partial charge in [-0.25, -0.2) is 14.4 Å². The summed E-state index contributed by atoms with van der Waals surface area (Å²) in [6.07, 6.45) is 4.29. The zero-order valence-electron chi connectivity index (χ0n) is 15.6. The molecule has 9 heteroatoms. The number of hydrogen-bond acceptors (Lipinski definition) is 6. The summed E-state index contributed by atoms with van der Waals surface area (Å²) in [5, 5.41) is 4.64. The van der Waals surface area contributed by atoms with Crippen LogP contribution in [0.4, 0.5) is 20.9 Å². The fraction of sp³-hybridized carbons (Fsp3) is 0.100. The van der Waals surface area contributed by atoms with Crippen molar-refractivity contribution in [3.05, 3.63) is 65.6 Å². The highest BCUT2D eigenvalue weighted by Crippen LogP contribution is 2.30. The molecule has 3 rings (SSSR count). The lowest BCUT2D eigenvalue weighted by atomic mass is 10.3. The van der Waals surface area contributed by atoms with E-state index >= 15 is 0 Å². The third kappa shape index (κ3) is 5.02. The first-order valence-electron chi connectivity index (χ1n) is 8.48. The summed E-state index contributed by atoms with van der Waals surface area (Å²) in [7, 11) is 1.50. The van der Waals surface area contributed by atoms with Crippen molar-refractivity contribution in [1.82, 2.24) is 9.97 Å². The molecule has 3 aromatic rings. The second-order valence-corrected chi connectivity index (χ2v) is 6.61. The second-order valence-electron chi connectivity index (χ2n) is 5.77. The van der Waals surface area contributed by atoms with Crippen LogP contribution in [0.2, 0.25) is 0 Å². The summed E-state index contributed by atoms with van der Waals surface area (Å²) in [5.41, 5.74) is 1.10. The molecular formula is C20H17FN4O3S. The largest absolute Gasteiger partial charge is 0.481 e. The van der Waals surface area contributed by atoms with Gasteiger partial charge in [-0.2, -0.15) is 0 Å². The number of benzene rings is 1.